The molecule has 30 heavy (non-hydrogen) atoms. The summed E-state index contributed by atoms with van der Waals surface area (Å²) in [6.07, 6.45) is 1.45. The summed E-state index contributed by atoms with van der Waals surface area (Å²) in [5.74, 6) is 0.742. The maximum absolute atomic E-state index is 13.5. The summed E-state index contributed by atoms with van der Waals surface area (Å²) in [5.41, 5.74) is 2.41. The van der Waals surface area contributed by atoms with Gasteiger partial charge in [0.2, 0.25) is 5.91 Å². The minimum absolute atomic E-state index is 0.00664. The van der Waals surface area contributed by atoms with Gasteiger partial charge in [-0.15, -0.1) is 0 Å². The highest BCUT2D eigenvalue weighted by Gasteiger charge is 2.30. The Morgan fingerprint density at radius 3 is 2.70 bits per heavy atom. The molecule has 0 spiro atoms. The number of ether oxygens (including phenoxy) is 2. The van der Waals surface area contributed by atoms with E-state index >= 15 is 0 Å². The van der Waals surface area contributed by atoms with Crippen LogP contribution in [0.1, 0.15) is 24.4 Å². The van der Waals surface area contributed by atoms with Gasteiger partial charge in [-0.3, -0.25) is 13.9 Å². The fourth-order valence-electron chi connectivity index (χ4n) is 4.22. The summed E-state index contributed by atoms with van der Waals surface area (Å²) >= 11 is 0. The highest BCUT2D eigenvalue weighted by Crippen LogP contribution is 2.36. The number of carbonyl (C=O) groups is 1. The minimum Gasteiger partial charge on any atom is -0.493 e. The standard InChI is InChI=1S/C23H27N3O4/c1-24-19-9-4-5-10-20(19)26(23(24)28)16-22(27)25(13-7-14-29-2)18-12-15-30-21-11-6-3-8-17(18)21/h3-6,8-11,18H,7,12-16H2,1-2H3. The predicted molar refractivity (Wildman–Crippen MR) is 115 cm³/mol. The Balaban J connectivity index is 1.66. The molecule has 1 amide bonds. The average molecular weight is 409 g/mol. The first-order chi connectivity index (χ1) is 14.6. The second-order valence-electron chi connectivity index (χ2n) is 7.54. The Morgan fingerprint density at radius 2 is 1.90 bits per heavy atom. The molecule has 1 unspecified atom stereocenters. The number of fused-ring (bicyclic) bond motifs is 2. The number of methoxy groups -OCH3 is 1. The monoisotopic (exact) mass is 409 g/mol. The molecule has 2 heterocycles. The van der Waals surface area contributed by atoms with Gasteiger partial charge in [-0.1, -0.05) is 30.3 Å². The first-order valence-electron chi connectivity index (χ1n) is 10.3. The molecule has 0 saturated heterocycles. The van der Waals surface area contributed by atoms with Gasteiger partial charge in [-0.25, -0.2) is 4.79 Å². The van der Waals surface area contributed by atoms with E-state index in [2.05, 4.69) is 0 Å². The lowest BCUT2D eigenvalue weighted by molar-refractivity contribution is -0.135. The van der Waals surface area contributed by atoms with Crippen LogP contribution in [0.5, 0.6) is 5.75 Å². The van der Waals surface area contributed by atoms with Gasteiger partial charge < -0.3 is 14.4 Å². The van der Waals surface area contributed by atoms with Crippen LogP contribution in [-0.4, -0.2) is 46.8 Å². The number of hydrogen-bond acceptors (Lipinski definition) is 4. The zero-order chi connectivity index (χ0) is 21.1. The average Bonchev–Trinajstić information content (AvgIpc) is 3.01. The summed E-state index contributed by atoms with van der Waals surface area (Å²) in [5, 5.41) is 0. The van der Waals surface area contributed by atoms with Crippen molar-refractivity contribution < 1.29 is 14.3 Å². The van der Waals surface area contributed by atoms with Crippen LogP contribution in [0.3, 0.4) is 0 Å². The van der Waals surface area contributed by atoms with E-state index in [1.165, 1.54) is 0 Å². The Labute approximate surface area is 175 Å². The Morgan fingerprint density at radius 1 is 1.17 bits per heavy atom. The molecule has 0 fully saturated rings. The van der Waals surface area contributed by atoms with E-state index in [-0.39, 0.29) is 24.2 Å². The highest BCUT2D eigenvalue weighted by molar-refractivity contribution is 5.81. The topological polar surface area (TPSA) is 65.7 Å². The number of hydrogen-bond donors (Lipinski definition) is 0. The van der Waals surface area contributed by atoms with E-state index in [1.807, 2.05) is 53.4 Å². The van der Waals surface area contributed by atoms with Gasteiger partial charge in [-0.2, -0.15) is 0 Å². The van der Waals surface area contributed by atoms with Crippen molar-refractivity contribution in [3.8, 4) is 5.75 Å². The van der Waals surface area contributed by atoms with Crippen LogP contribution in [0.2, 0.25) is 0 Å². The predicted octanol–water partition coefficient (Wildman–Crippen LogP) is 2.73. The maximum Gasteiger partial charge on any atom is 0.329 e. The molecule has 0 N–H and O–H groups in total. The van der Waals surface area contributed by atoms with Crippen molar-refractivity contribution in [3.05, 3.63) is 64.6 Å². The number of imidazole rings is 1. The highest BCUT2D eigenvalue weighted by atomic mass is 16.5. The molecule has 7 nitrogen and oxygen atoms in total. The van der Waals surface area contributed by atoms with E-state index in [0.29, 0.717) is 19.8 Å². The van der Waals surface area contributed by atoms with Crippen LogP contribution in [0.15, 0.2) is 53.3 Å². The number of carbonyl (C=O) groups excluding carboxylic acids is 1. The maximum atomic E-state index is 13.5. The van der Waals surface area contributed by atoms with Gasteiger partial charge in [0.25, 0.3) is 0 Å². The lowest BCUT2D eigenvalue weighted by atomic mass is 9.98. The van der Waals surface area contributed by atoms with Crippen molar-refractivity contribution in [1.82, 2.24) is 14.0 Å². The molecule has 0 bridgehead atoms. The second kappa shape index (κ2) is 8.75. The molecule has 0 saturated carbocycles. The molecule has 1 aliphatic heterocycles. The van der Waals surface area contributed by atoms with Gasteiger partial charge in [0.15, 0.2) is 0 Å². The van der Waals surface area contributed by atoms with Gasteiger partial charge >= 0.3 is 5.69 Å². The van der Waals surface area contributed by atoms with Crippen molar-refractivity contribution >= 4 is 16.9 Å². The Kier molecular flexibility index (Phi) is 5.90. The Bertz CT molecular complexity index is 1100. The number of benzene rings is 2. The largest absolute Gasteiger partial charge is 0.493 e. The van der Waals surface area contributed by atoms with Crippen molar-refractivity contribution in [2.75, 3.05) is 26.9 Å². The third kappa shape index (κ3) is 3.73. The summed E-state index contributed by atoms with van der Waals surface area (Å²) in [7, 11) is 3.39. The van der Waals surface area contributed by atoms with E-state index in [1.54, 1.807) is 23.3 Å². The third-order valence-corrected chi connectivity index (χ3v) is 5.72. The molecule has 2 aromatic carbocycles. The fourth-order valence-corrected chi connectivity index (χ4v) is 4.22. The number of nitrogens with zero attached hydrogens (tertiary/aromatic N) is 3. The van der Waals surface area contributed by atoms with E-state index in [0.717, 1.165) is 35.2 Å². The van der Waals surface area contributed by atoms with E-state index in [4.69, 9.17) is 9.47 Å². The summed E-state index contributed by atoms with van der Waals surface area (Å²) in [6, 6.07) is 15.3. The molecule has 158 valence electrons. The van der Waals surface area contributed by atoms with Gasteiger partial charge in [-0.05, 0) is 24.6 Å². The van der Waals surface area contributed by atoms with Crippen LogP contribution in [-0.2, 0) is 23.1 Å². The molecule has 3 aromatic rings. The van der Waals surface area contributed by atoms with Crippen LogP contribution in [0.25, 0.3) is 11.0 Å². The molecule has 1 aromatic heterocycles. The quantitative estimate of drug-likeness (QED) is 0.563. The fraction of sp³-hybridized carbons (Fsp3) is 0.391. The number of para-hydroxylation sites is 3. The third-order valence-electron chi connectivity index (χ3n) is 5.72. The number of amides is 1. The first-order valence-corrected chi connectivity index (χ1v) is 10.3. The SMILES string of the molecule is COCCCN(C(=O)Cn1c(=O)n(C)c2ccccc21)C1CCOc2ccccc21. The lowest BCUT2D eigenvalue weighted by Gasteiger charge is -2.36. The van der Waals surface area contributed by atoms with Crippen LogP contribution >= 0.6 is 0 Å². The number of aryl methyl sites for hydroxylation is 1. The van der Waals surface area contributed by atoms with Crippen LogP contribution < -0.4 is 10.4 Å². The summed E-state index contributed by atoms with van der Waals surface area (Å²) in [6.45, 7) is 1.70. The van der Waals surface area contributed by atoms with Crippen LogP contribution in [0.4, 0.5) is 0 Å². The molecule has 0 aliphatic carbocycles. The number of aromatic nitrogens is 2. The van der Waals surface area contributed by atoms with Gasteiger partial charge in [0, 0.05) is 39.3 Å². The van der Waals surface area contributed by atoms with Crippen molar-refractivity contribution in [2.45, 2.75) is 25.4 Å². The zero-order valence-corrected chi connectivity index (χ0v) is 17.4. The summed E-state index contributed by atoms with van der Waals surface area (Å²) < 4.78 is 14.1. The normalized spacial score (nSPS) is 15.6. The summed E-state index contributed by atoms with van der Waals surface area (Å²) in [4.78, 5) is 28.2. The first kappa shape index (κ1) is 20.2. The number of rotatable bonds is 7. The van der Waals surface area contributed by atoms with Crippen molar-refractivity contribution in [1.29, 1.82) is 0 Å². The Hall–Kier alpha value is -3.06. The van der Waals surface area contributed by atoms with Crippen molar-refractivity contribution in [3.63, 3.8) is 0 Å². The van der Waals surface area contributed by atoms with Crippen molar-refractivity contribution in [2.24, 2.45) is 7.05 Å². The van der Waals surface area contributed by atoms with Gasteiger partial charge in [0.1, 0.15) is 12.3 Å². The molecule has 4 rings (SSSR count). The van der Waals surface area contributed by atoms with E-state index < -0.39 is 0 Å². The second-order valence-corrected chi connectivity index (χ2v) is 7.54. The van der Waals surface area contributed by atoms with Crippen LogP contribution in [0, 0.1) is 0 Å². The molecular weight excluding hydrogens is 382 g/mol. The van der Waals surface area contributed by atoms with Gasteiger partial charge in [0.05, 0.1) is 23.7 Å². The van der Waals surface area contributed by atoms with E-state index in [9.17, 15) is 9.59 Å². The minimum atomic E-state index is -0.186. The lowest BCUT2D eigenvalue weighted by Crippen LogP contribution is -2.41. The zero-order valence-electron chi connectivity index (χ0n) is 17.4. The smallest absolute Gasteiger partial charge is 0.329 e. The molecule has 0 radical (unpaired) electrons. The molecule has 1 aliphatic rings. The molecule has 7 heteroatoms. The molecular formula is C23H27N3O4. The molecule has 1 atom stereocenters.